The molecule has 118 valence electrons. The molecule has 1 aromatic rings. The highest BCUT2D eigenvalue weighted by Gasteiger charge is 2.28. The number of ether oxygens (including phenoxy) is 1. The molecular formula is C12H18ClN3O4S. The second-order valence-electron chi connectivity index (χ2n) is 4.87. The van der Waals surface area contributed by atoms with Gasteiger partial charge in [0.05, 0.1) is 11.8 Å². The largest absolute Gasteiger partial charge is 0.376 e. The van der Waals surface area contributed by atoms with Crippen molar-refractivity contribution in [2.45, 2.75) is 43.6 Å². The Labute approximate surface area is 127 Å². The number of halogens is 1. The molecule has 0 radical (unpaired) electrons. The quantitative estimate of drug-likeness (QED) is 0.787. The van der Waals surface area contributed by atoms with E-state index in [1.165, 1.54) is 0 Å². The summed E-state index contributed by atoms with van der Waals surface area (Å²) >= 11 is 0. The molecule has 1 saturated heterocycles. The molecule has 1 amide bonds. The molecular weight excluding hydrogens is 318 g/mol. The number of carbonyl (C=O) groups is 1. The highest BCUT2D eigenvalue weighted by atomic mass is 35.7. The fourth-order valence-corrected chi connectivity index (χ4v) is 3.63. The number of nitrogens with zero attached hydrogens (tertiary/aromatic N) is 1. The van der Waals surface area contributed by atoms with Crippen LogP contribution in [0.1, 0.15) is 42.4 Å². The molecule has 0 aromatic carbocycles. The van der Waals surface area contributed by atoms with E-state index in [1.807, 2.05) is 0 Å². The van der Waals surface area contributed by atoms with E-state index in [0.717, 1.165) is 19.3 Å². The maximum atomic E-state index is 12.1. The lowest BCUT2D eigenvalue weighted by Gasteiger charge is -2.22. The van der Waals surface area contributed by atoms with Crippen molar-refractivity contribution >= 4 is 25.6 Å². The van der Waals surface area contributed by atoms with Crippen molar-refractivity contribution in [3.8, 4) is 0 Å². The number of H-pyrrole nitrogens is 1. The van der Waals surface area contributed by atoms with Crippen molar-refractivity contribution in [2.24, 2.45) is 0 Å². The summed E-state index contributed by atoms with van der Waals surface area (Å²) in [5.41, 5.74) is 0.127. The van der Waals surface area contributed by atoms with E-state index in [9.17, 15) is 13.2 Å². The third-order valence-corrected chi connectivity index (χ3v) is 4.76. The molecule has 2 rings (SSSR count). The predicted octanol–water partition coefficient (Wildman–Crippen LogP) is 1.20. The van der Waals surface area contributed by atoms with Crippen LogP contribution in [0.5, 0.6) is 0 Å². The van der Waals surface area contributed by atoms with Crippen LogP contribution in [-0.2, 0) is 20.2 Å². The number of rotatable bonds is 5. The Morgan fingerprint density at radius 2 is 2.29 bits per heavy atom. The van der Waals surface area contributed by atoms with Gasteiger partial charge in [0.25, 0.3) is 15.0 Å². The summed E-state index contributed by atoms with van der Waals surface area (Å²) in [5, 5.41) is 8.97. The van der Waals surface area contributed by atoms with Crippen LogP contribution in [0.4, 0.5) is 0 Å². The number of carbonyl (C=O) groups excluding carboxylic acids is 1. The van der Waals surface area contributed by atoms with Gasteiger partial charge in [0.1, 0.15) is 4.90 Å². The third-order valence-electron chi connectivity index (χ3n) is 3.37. The summed E-state index contributed by atoms with van der Waals surface area (Å²) in [6, 6.07) is 0. The molecule has 1 atom stereocenters. The van der Waals surface area contributed by atoms with Gasteiger partial charge in [-0.3, -0.25) is 9.89 Å². The number of aromatic nitrogens is 2. The van der Waals surface area contributed by atoms with Crippen molar-refractivity contribution in [1.82, 2.24) is 15.5 Å². The summed E-state index contributed by atoms with van der Waals surface area (Å²) in [6.45, 7) is 2.76. The van der Waals surface area contributed by atoms with E-state index >= 15 is 0 Å². The molecule has 0 spiro atoms. The maximum Gasteiger partial charge on any atom is 0.273 e. The Hall–Kier alpha value is -1.12. The van der Waals surface area contributed by atoms with Crippen molar-refractivity contribution in [3.63, 3.8) is 0 Å². The maximum absolute atomic E-state index is 12.1. The van der Waals surface area contributed by atoms with E-state index in [-0.39, 0.29) is 16.7 Å². The Kier molecular flexibility index (Phi) is 5.23. The Morgan fingerprint density at radius 1 is 1.52 bits per heavy atom. The summed E-state index contributed by atoms with van der Waals surface area (Å²) in [7, 11) is 1.35. The van der Waals surface area contributed by atoms with Crippen LogP contribution in [0.3, 0.4) is 0 Å². The van der Waals surface area contributed by atoms with Gasteiger partial charge in [-0.05, 0) is 25.7 Å². The molecule has 0 saturated carbocycles. The number of hydrogen-bond acceptors (Lipinski definition) is 5. The fraction of sp³-hybridized carbons (Fsp3) is 0.667. The molecule has 1 aliphatic rings. The van der Waals surface area contributed by atoms with Crippen molar-refractivity contribution < 1.29 is 17.9 Å². The number of hydrogen-bond donors (Lipinski definition) is 2. The highest BCUT2D eigenvalue weighted by Crippen LogP contribution is 2.23. The zero-order chi connectivity index (χ0) is 15.5. The summed E-state index contributed by atoms with van der Waals surface area (Å²) < 4.78 is 28.7. The zero-order valence-electron chi connectivity index (χ0n) is 11.7. The first-order chi connectivity index (χ1) is 9.93. The van der Waals surface area contributed by atoms with Gasteiger partial charge < -0.3 is 10.1 Å². The first-order valence-electron chi connectivity index (χ1n) is 6.85. The number of aromatic amines is 1. The first-order valence-corrected chi connectivity index (χ1v) is 9.16. The van der Waals surface area contributed by atoms with Gasteiger partial charge in [0.2, 0.25) is 0 Å². The lowest BCUT2D eigenvalue weighted by atomic mass is 10.1. The predicted molar refractivity (Wildman–Crippen MR) is 76.9 cm³/mol. The van der Waals surface area contributed by atoms with Crippen molar-refractivity contribution in [3.05, 3.63) is 11.4 Å². The van der Waals surface area contributed by atoms with E-state index in [0.29, 0.717) is 25.3 Å². The molecule has 1 aliphatic heterocycles. The van der Waals surface area contributed by atoms with Gasteiger partial charge >= 0.3 is 0 Å². The van der Waals surface area contributed by atoms with Gasteiger partial charge in [-0.25, -0.2) is 8.42 Å². The minimum absolute atomic E-state index is 0.0386. The summed E-state index contributed by atoms with van der Waals surface area (Å²) in [5.74, 6) is -0.570. The highest BCUT2D eigenvalue weighted by molar-refractivity contribution is 8.13. The van der Waals surface area contributed by atoms with Crippen molar-refractivity contribution in [1.29, 1.82) is 0 Å². The average molecular weight is 336 g/mol. The van der Waals surface area contributed by atoms with E-state index in [4.69, 9.17) is 15.4 Å². The molecule has 9 heteroatoms. The summed E-state index contributed by atoms with van der Waals surface area (Å²) in [4.78, 5) is 11.9. The number of nitrogens with one attached hydrogen (secondary N) is 2. The van der Waals surface area contributed by atoms with Crippen LogP contribution >= 0.6 is 10.7 Å². The molecule has 0 aliphatic carbocycles. The summed E-state index contributed by atoms with van der Waals surface area (Å²) in [6.07, 6.45) is 3.31. The van der Waals surface area contributed by atoms with Crippen LogP contribution < -0.4 is 5.32 Å². The van der Waals surface area contributed by atoms with Gasteiger partial charge in [0.15, 0.2) is 5.69 Å². The van der Waals surface area contributed by atoms with Crippen molar-refractivity contribution in [2.75, 3.05) is 13.2 Å². The first kappa shape index (κ1) is 16.3. The lowest BCUT2D eigenvalue weighted by Crippen LogP contribution is -2.36. The molecule has 2 heterocycles. The van der Waals surface area contributed by atoms with Gasteiger partial charge in [0, 0.05) is 23.8 Å². The Morgan fingerprint density at radius 3 is 2.86 bits per heavy atom. The van der Waals surface area contributed by atoms with E-state index in [2.05, 4.69) is 15.5 Å². The molecule has 21 heavy (non-hydrogen) atoms. The monoisotopic (exact) mass is 335 g/mol. The van der Waals surface area contributed by atoms with Crippen LogP contribution in [0, 0.1) is 0 Å². The fourth-order valence-electron chi connectivity index (χ4n) is 2.28. The van der Waals surface area contributed by atoms with E-state index < -0.39 is 15.0 Å². The van der Waals surface area contributed by atoms with Crippen LogP contribution in [0.25, 0.3) is 0 Å². The normalized spacial score (nSPS) is 19.4. The smallest absolute Gasteiger partial charge is 0.273 e. The molecule has 1 aromatic heterocycles. The topological polar surface area (TPSA) is 101 Å². The Bertz CT molecular complexity index is 608. The molecule has 1 fully saturated rings. The molecule has 7 nitrogen and oxygen atoms in total. The van der Waals surface area contributed by atoms with E-state index in [1.54, 1.807) is 6.92 Å². The molecule has 2 N–H and O–H groups in total. The third kappa shape index (κ3) is 3.96. The molecule has 0 bridgehead atoms. The standard InChI is InChI=1S/C12H18ClN3O4S/c1-2-9-11(21(13,18)19)10(16-15-9)12(17)14-7-8-5-3-4-6-20-8/h8H,2-7H2,1H3,(H,14,17)(H,15,16). The minimum Gasteiger partial charge on any atom is -0.376 e. The SMILES string of the molecule is CCc1[nH]nc(C(=O)NCC2CCCCO2)c1S(=O)(=O)Cl. The minimum atomic E-state index is -4.03. The van der Waals surface area contributed by atoms with Crippen LogP contribution in [0.15, 0.2) is 4.90 Å². The zero-order valence-corrected chi connectivity index (χ0v) is 13.3. The second-order valence-corrected chi connectivity index (χ2v) is 7.37. The van der Waals surface area contributed by atoms with Crippen LogP contribution in [-0.4, -0.2) is 43.8 Å². The van der Waals surface area contributed by atoms with Gasteiger partial charge in [-0.2, -0.15) is 5.10 Å². The van der Waals surface area contributed by atoms with Gasteiger partial charge in [-0.1, -0.05) is 6.92 Å². The van der Waals surface area contributed by atoms with Gasteiger partial charge in [-0.15, -0.1) is 0 Å². The number of aryl methyl sites for hydroxylation is 1. The average Bonchev–Trinajstić information content (AvgIpc) is 2.90. The number of amides is 1. The van der Waals surface area contributed by atoms with Crippen LogP contribution in [0.2, 0.25) is 0 Å². The lowest BCUT2D eigenvalue weighted by molar-refractivity contribution is 0.0168. The second kappa shape index (κ2) is 6.76. The Balaban J connectivity index is 2.10. The molecule has 1 unspecified atom stereocenters.